The number of amides is 1. The summed E-state index contributed by atoms with van der Waals surface area (Å²) in [6.07, 6.45) is -0.234. The van der Waals surface area contributed by atoms with Gasteiger partial charge in [0.2, 0.25) is 6.04 Å². The molecular formula is C17H18F3N2O+. The van der Waals surface area contributed by atoms with Gasteiger partial charge in [0.1, 0.15) is 6.54 Å². The smallest absolute Gasteiger partial charge is 0.341 e. The van der Waals surface area contributed by atoms with Crippen LogP contribution in [0, 0.1) is 0 Å². The molecule has 0 bridgehead atoms. The van der Waals surface area contributed by atoms with E-state index in [4.69, 9.17) is 0 Å². The minimum absolute atomic E-state index is 0.664. The van der Waals surface area contributed by atoms with Crippen LogP contribution in [0.25, 0.3) is 0 Å². The molecule has 122 valence electrons. The number of alkyl halides is 3. The number of benzene rings is 1. The van der Waals surface area contributed by atoms with Crippen LogP contribution < -0.4 is 9.88 Å². The predicted molar refractivity (Wildman–Crippen MR) is 79.7 cm³/mol. The van der Waals surface area contributed by atoms with E-state index in [0.29, 0.717) is 0 Å². The molecule has 0 saturated carbocycles. The monoisotopic (exact) mass is 323 g/mol. The highest BCUT2D eigenvalue weighted by atomic mass is 19.4. The fourth-order valence-electron chi connectivity index (χ4n) is 2.15. The molecule has 1 N–H and O–H groups in total. The minimum atomic E-state index is -4.40. The van der Waals surface area contributed by atoms with Crippen LogP contribution in [0.1, 0.15) is 24.1 Å². The first-order valence-electron chi connectivity index (χ1n) is 7.23. The van der Waals surface area contributed by atoms with Crippen LogP contribution >= 0.6 is 0 Å². The molecule has 0 aliphatic heterocycles. The highest BCUT2D eigenvalue weighted by Crippen LogP contribution is 2.12. The zero-order valence-corrected chi connectivity index (χ0v) is 12.7. The zero-order chi connectivity index (χ0) is 16.9. The van der Waals surface area contributed by atoms with Crippen LogP contribution in [0.3, 0.4) is 0 Å². The summed E-state index contributed by atoms with van der Waals surface area (Å²) < 4.78 is 37.9. The highest BCUT2D eigenvalue weighted by molar-refractivity contribution is 5.78. The molecule has 2 rings (SSSR count). The first-order chi connectivity index (χ1) is 10.8. The van der Waals surface area contributed by atoms with Crippen molar-refractivity contribution in [2.45, 2.75) is 25.6 Å². The molecule has 1 atom stereocenters. The van der Waals surface area contributed by atoms with Crippen molar-refractivity contribution >= 4 is 5.91 Å². The summed E-state index contributed by atoms with van der Waals surface area (Å²) >= 11 is 0. The fraction of sp³-hybridized carbons (Fsp3) is 0.294. The molecule has 1 aromatic carbocycles. The van der Waals surface area contributed by atoms with E-state index in [1.165, 1.54) is 5.56 Å². The summed E-state index contributed by atoms with van der Waals surface area (Å²) in [5.41, 5.74) is 2.23. The number of carbonyl (C=O) groups is 1. The Balaban J connectivity index is 1.97. The van der Waals surface area contributed by atoms with Crippen molar-refractivity contribution < 1.29 is 22.5 Å². The van der Waals surface area contributed by atoms with Gasteiger partial charge in [-0.3, -0.25) is 4.79 Å². The van der Waals surface area contributed by atoms with E-state index >= 15 is 0 Å². The van der Waals surface area contributed by atoms with Gasteiger partial charge in [-0.2, -0.15) is 17.7 Å². The number of nitrogens with zero attached hydrogens (tertiary/aromatic N) is 1. The molecule has 0 saturated heterocycles. The molecule has 1 aromatic heterocycles. The normalized spacial score (nSPS) is 12.7. The van der Waals surface area contributed by atoms with Gasteiger partial charge in [0, 0.05) is 19.1 Å². The Morgan fingerprint density at radius 2 is 1.65 bits per heavy atom. The molecule has 0 fully saturated rings. The Morgan fingerprint density at radius 3 is 2.22 bits per heavy atom. The largest absolute Gasteiger partial charge is 0.405 e. The van der Waals surface area contributed by atoms with E-state index in [1.807, 2.05) is 47.8 Å². The van der Waals surface area contributed by atoms with Gasteiger partial charge in [0.05, 0.1) is 0 Å². The van der Waals surface area contributed by atoms with Crippen molar-refractivity contribution in [3.63, 3.8) is 0 Å². The third-order valence-electron chi connectivity index (χ3n) is 3.46. The molecule has 0 radical (unpaired) electrons. The summed E-state index contributed by atoms with van der Waals surface area (Å²) in [5, 5.41) is 1.89. The average Bonchev–Trinajstić information content (AvgIpc) is 2.53. The number of hydrogen-bond donors (Lipinski definition) is 1. The first kappa shape index (κ1) is 17.0. The molecule has 6 heteroatoms. The molecule has 0 aliphatic carbocycles. The van der Waals surface area contributed by atoms with Crippen LogP contribution in [0.15, 0.2) is 54.9 Å². The fourth-order valence-corrected chi connectivity index (χ4v) is 2.15. The molecule has 1 amide bonds. The van der Waals surface area contributed by atoms with Crippen LogP contribution in [0.2, 0.25) is 0 Å². The van der Waals surface area contributed by atoms with E-state index in [9.17, 15) is 18.0 Å². The van der Waals surface area contributed by atoms with Gasteiger partial charge in [-0.05, 0) is 17.5 Å². The van der Waals surface area contributed by atoms with Gasteiger partial charge in [0.15, 0.2) is 12.4 Å². The Kier molecular flexibility index (Phi) is 5.36. The van der Waals surface area contributed by atoms with Gasteiger partial charge >= 0.3 is 6.18 Å². The topological polar surface area (TPSA) is 33.0 Å². The molecule has 23 heavy (non-hydrogen) atoms. The van der Waals surface area contributed by atoms with Crippen LogP contribution in [-0.2, 0) is 11.2 Å². The van der Waals surface area contributed by atoms with E-state index in [2.05, 4.69) is 0 Å². The lowest BCUT2D eigenvalue weighted by molar-refractivity contribution is -0.706. The lowest BCUT2D eigenvalue weighted by Gasteiger charge is -2.11. The Morgan fingerprint density at radius 1 is 1.09 bits per heavy atom. The van der Waals surface area contributed by atoms with Gasteiger partial charge < -0.3 is 5.32 Å². The quantitative estimate of drug-likeness (QED) is 0.843. The average molecular weight is 323 g/mol. The molecular weight excluding hydrogens is 305 g/mol. The second-order valence-corrected chi connectivity index (χ2v) is 5.32. The summed E-state index contributed by atoms with van der Waals surface area (Å²) in [4.78, 5) is 11.7. The lowest BCUT2D eigenvalue weighted by Crippen LogP contribution is -2.48. The van der Waals surface area contributed by atoms with E-state index in [1.54, 1.807) is 23.9 Å². The molecule has 0 unspecified atom stereocenters. The van der Waals surface area contributed by atoms with Gasteiger partial charge in [-0.1, -0.05) is 30.3 Å². The highest BCUT2D eigenvalue weighted by Gasteiger charge is 2.30. The number of hydrogen-bond acceptors (Lipinski definition) is 1. The number of halogens is 3. The Bertz CT molecular complexity index is 639. The van der Waals surface area contributed by atoms with Crippen LogP contribution in [0.4, 0.5) is 13.2 Å². The molecule has 3 nitrogen and oxygen atoms in total. The summed E-state index contributed by atoms with van der Waals surface area (Å²) in [6.45, 7) is 0.241. The third-order valence-corrected chi connectivity index (χ3v) is 3.46. The van der Waals surface area contributed by atoms with Crippen molar-refractivity contribution in [1.82, 2.24) is 5.32 Å². The van der Waals surface area contributed by atoms with E-state index in [-0.39, 0.29) is 0 Å². The Hall–Kier alpha value is -2.37. The van der Waals surface area contributed by atoms with Crippen molar-refractivity contribution in [3.05, 3.63) is 66.0 Å². The lowest BCUT2D eigenvalue weighted by atomic mass is 10.1. The SMILES string of the molecule is C[C@H](C(=O)NCC(F)(F)F)[n+]1ccc(Cc2ccccc2)cc1. The van der Waals surface area contributed by atoms with Crippen molar-refractivity contribution in [2.75, 3.05) is 6.54 Å². The molecule has 2 aromatic rings. The Labute approximate surface area is 132 Å². The van der Waals surface area contributed by atoms with Crippen molar-refractivity contribution in [1.29, 1.82) is 0 Å². The van der Waals surface area contributed by atoms with E-state index < -0.39 is 24.7 Å². The number of rotatable bonds is 5. The second-order valence-electron chi connectivity index (χ2n) is 5.32. The number of pyridine rings is 1. The predicted octanol–water partition coefficient (Wildman–Crippen LogP) is 2.80. The summed E-state index contributed by atoms with van der Waals surface area (Å²) in [7, 11) is 0. The molecule has 1 heterocycles. The summed E-state index contributed by atoms with van der Waals surface area (Å²) in [5.74, 6) is -0.664. The molecule has 0 aliphatic rings. The second kappa shape index (κ2) is 7.26. The zero-order valence-electron chi connectivity index (χ0n) is 12.7. The number of carbonyl (C=O) groups excluding carboxylic acids is 1. The first-order valence-corrected chi connectivity index (χ1v) is 7.23. The van der Waals surface area contributed by atoms with E-state index in [0.717, 1.165) is 12.0 Å². The maximum Gasteiger partial charge on any atom is 0.405 e. The third kappa shape index (κ3) is 5.39. The van der Waals surface area contributed by atoms with Crippen molar-refractivity contribution in [2.24, 2.45) is 0 Å². The standard InChI is InChI=1S/C17H17F3N2O/c1-13(16(23)21-12-17(18,19)20)22-9-7-15(8-10-22)11-14-5-3-2-4-6-14/h2-10,13H,11-12H2,1H3/p+1/t13-/m1/s1. The maximum atomic E-state index is 12.1. The van der Waals surface area contributed by atoms with Gasteiger partial charge in [-0.15, -0.1) is 0 Å². The minimum Gasteiger partial charge on any atom is -0.341 e. The number of aromatic nitrogens is 1. The maximum absolute atomic E-state index is 12.1. The number of nitrogens with one attached hydrogen (secondary N) is 1. The summed E-state index contributed by atoms with van der Waals surface area (Å²) in [6, 6.07) is 12.9. The van der Waals surface area contributed by atoms with Gasteiger partial charge in [0.25, 0.3) is 5.91 Å². The van der Waals surface area contributed by atoms with Crippen LogP contribution in [-0.4, -0.2) is 18.6 Å². The van der Waals surface area contributed by atoms with Crippen molar-refractivity contribution in [3.8, 4) is 0 Å². The van der Waals surface area contributed by atoms with Gasteiger partial charge in [-0.25, -0.2) is 0 Å². The van der Waals surface area contributed by atoms with Crippen LogP contribution in [0.5, 0.6) is 0 Å². The molecule has 0 spiro atoms.